The number of rotatable bonds is 4. The van der Waals surface area contributed by atoms with E-state index in [-0.39, 0.29) is 5.56 Å². The van der Waals surface area contributed by atoms with Crippen LogP contribution in [0.15, 0.2) is 17.1 Å². The second-order valence-electron chi connectivity index (χ2n) is 3.87. The number of nitrogens with two attached hydrogens (primary N) is 1. The third-order valence-corrected chi connectivity index (χ3v) is 2.71. The van der Waals surface area contributed by atoms with Gasteiger partial charge in [-0.2, -0.15) is 4.98 Å². The largest absolute Gasteiger partial charge is 0.369 e. The minimum atomic E-state index is -0.288. The second-order valence-corrected chi connectivity index (χ2v) is 3.87. The number of nitrogens with one attached hydrogen (secondary N) is 1. The zero-order chi connectivity index (χ0) is 11.5. The maximum absolute atomic E-state index is 11.5. The van der Waals surface area contributed by atoms with Crippen LogP contribution in [-0.4, -0.2) is 14.5 Å². The number of anilines is 1. The van der Waals surface area contributed by atoms with Crippen molar-refractivity contribution < 1.29 is 0 Å². The van der Waals surface area contributed by atoms with Gasteiger partial charge < -0.3 is 15.3 Å². The summed E-state index contributed by atoms with van der Waals surface area (Å²) in [5.41, 5.74) is 6.85. The van der Waals surface area contributed by atoms with Crippen molar-refractivity contribution in [3.63, 3.8) is 0 Å². The summed E-state index contributed by atoms with van der Waals surface area (Å²) in [6.07, 6.45) is 5.09. The van der Waals surface area contributed by atoms with Gasteiger partial charge in [-0.3, -0.25) is 4.79 Å². The molecule has 2 rings (SSSR count). The van der Waals surface area contributed by atoms with Crippen LogP contribution in [0.3, 0.4) is 0 Å². The maximum atomic E-state index is 11.5. The molecule has 0 aromatic carbocycles. The number of fused-ring (bicyclic) bond motifs is 1. The van der Waals surface area contributed by atoms with Crippen LogP contribution in [0.2, 0.25) is 0 Å². The molecule has 3 N–H and O–H groups in total. The van der Waals surface area contributed by atoms with E-state index < -0.39 is 0 Å². The van der Waals surface area contributed by atoms with E-state index in [1.807, 2.05) is 10.6 Å². The second kappa shape index (κ2) is 4.38. The first kappa shape index (κ1) is 10.7. The highest BCUT2D eigenvalue weighted by molar-refractivity contribution is 5.75. The standard InChI is InChI=1S/C11H16N4O/c1-2-3-4-7-15-8-5-6-13-9(8)10(16)14-11(15)12/h5-6,13H,2-4,7H2,1H3,(H2,12,14,16). The van der Waals surface area contributed by atoms with Crippen molar-refractivity contribution in [2.45, 2.75) is 32.7 Å². The first-order chi connectivity index (χ1) is 7.74. The van der Waals surface area contributed by atoms with Crippen LogP contribution >= 0.6 is 0 Å². The van der Waals surface area contributed by atoms with Gasteiger partial charge in [-0.1, -0.05) is 19.8 Å². The average molecular weight is 220 g/mol. The molecule has 0 aliphatic carbocycles. The van der Waals surface area contributed by atoms with Crippen LogP contribution in [-0.2, 0) is 6.54 Å². The van der Waals surface area contributed by atoms with E-state index >= 15 is 0 Å². The number of aromatic nitrogens is 3. The van der Waals surface area contributed by atoms with Gasteiger partial charge in [0.15, 0.2) is 0 Å². The first-order valence-corrected chi connectivity index (χ1v) is 5.57. The maximum Gasteiger partial charge on any atom is 0.298 e. The van der Waals surface area contributed by atoms with E-state index in [0.29, 0.717) is 11.5 Å². The van der Waals surface area contributed by atoms with Gasteiger partial charge in [-0.25, -0.2) is 0 Å². The Bertz CT molecular complexity index is 540. The molecule has 0 radical (unpaired) electrons. The first-order valence-electron chi connectivity index (χ1n) is 5.57. The number of aromatic amines is 1. The van der Waals surface area contributed by atoms with Crippen molar-refractivity contribution in [1.82, 2.24) is 14.5 Å². The fourth-order valence-electron chi connectivity index (χ4n) is 1.86. The molecular formula is C11H16N4O. The topological polar surface area (TPSA) is 76.7 Å². The van der Waals surface area contributed by atoms with E-state index in [4.69, 9.17) is 5.73 Å². The van der Waals surface area contributed by atoms with Crippen molar-refractivity contribution in [3.8, 4) is 0 Å². The van der Waals surface area contributed by atoms with E-state index in [1.165, 1.54) is 0 Å². The van der Waals surface area contributed by atoms with Crippen LogP contribution in [0.1, 0.15) is 26.2 Å². The Labute approximate surface area is 93.3 Å². The molecule has 86 valence electrons. The molecule has 16 heavy (non-hydrogen) atoms. The number of nitrogens with zero attached hydrogens (tertiary/aromatic N) is 2. The molecule has 0 saturated carbocycles. The Balaban J connectivity index is 2.42. The minimum absolute atomic E-state index is 0.288. The van der Waals surface area contributed by atoms with Gasteiger partial charge in [-0.05, 0) is 12.5 Å². The summed E-state index contributed by atoms with van der Waals surface area (Å²) in [4.78, 5) is 18.2. The molecule has 0 bridgehead atoms. The fourth-order valence-corrected chi connectivity index (χ4v) is 1.86. The normalized spacial score (nSPS) is 11.1. The molecule has 0 saturated heterocycles. The molecule has 0 fully saturated rings. The lowest BCUT2D eigenvalue weighted by Gasteiger charge is -2.10. The third kappa shape index (κ3) is 1.80. The molecule has 2 heterocycles. The van der Waals surface area contributed by atoms with Crippen molar-refractivity contribution in [1.29, 1.82) is 0 Å². The number of aryl methyl sites for hydroxylation is 1. The van der Waals surface area contributed by atoms with Crippen LogP contribution in [0, 0.1) is 0 Å². The molecule has 5 heteroatoms. The number of hydrogen-bond donors (Lipinski definition) is 2. The summed E-state index contributed by atoms with van der Waals surface area (Å²) in [6, 6.07) is 1.86. The molecule has 0 atom stereocenters. The van der Waals surface area contributed by atoms with Crippen LogP contribution in [0.4, 0.5) is 5.95 Å². The Morgan fingerprint density at radius 1 is 1.50 bits per heavy atom. The van der Waals surface area contributed by atoms with E-state index in [9.17, 15) is 4.79 Å². The van der Waals surface area contributed by atoms with Gasteiger partial charge in [0.25, 0.3) is 5.56 Å². The van der Waals surface area contributed by atoms with Crippen molar-refractivity contribution in [2.75, 3.05) is 5.73 Å². The molecular weight excluding hydrogens is 204 g/mol. The van der Waals surface area contributed by atoms with Crippen molar-refractivity contribution >= 4 is 17.0 Å². The molecule has 2 aromatic heterocycles. The van der Waals surface area contributed by atoms with E-state index in [2.05, 4.69) is 16.9 Å². The van der Waals surface area contributed by atoms with Crippen LogP contribution in [0.5, 0.6) is 0 Å². The molecule has 5 nitrogen and oxygen atoms in total. The van der Waals surface area contributed by atoms with Crippen LogP contribution in [0.25, 0.3) is 11.0 Å². The lowest BCUT2D eigenvalue weighted by Crippen LogP contribution is -2.17. The molecule has 0 unspecified atom stereocenters. The number of H-pyrrole nitrogens is 1. The predicted octanol–water partition coefficient (Wildman–Crippen LogP) is 1.50. The average Bonchev–Trinajstić information content (AvgIpc) is 2.72. The molecule has 0 amide bonds. The Hall–Kier alpha value is -1.78. The zero-order valence-electron chi connectivity index (χ0n) is 9.36. The number of unbranched alkanes of at least 4 members (excludes halogenated alkanes) is 2. The summed E-state index contributed by atoms with van der Waals surface area (Å²) in [5.74, 6) is 0.299. The third-order valence-electron chi connectivity index (χ3n) is 2.71. The minimum Gasteiger partial charge on any atom is -0.369 e. The summed E-state index contributed by atoms with van der Waals surface area (Å²) < 4.78 is 1.89. The summed E-state index contributed by atoms with van der Waals surface area (Å²) in [5, 5.41) is 0. The van der Waals surface area contributed by atoms with Gasteiger partial charge in [0.05, 0.1) is 5.52 Å². The summed E-state index contributed by atoms with van der Waals surface area (Å²) in [7, 11) is 0. The van der Waals surface area contributed by atoms with E-state index in [1.54, 1.807) is 6.20 Å². The number of hydrogen-bond acceptors (Lipinski definition) is 3. The quantitative estimate of drug-likeness (QED) is 0.766. The molecule has 0 aliphatic heterocycles. The highest BCUT2D eigenvalue weighted by Gasteiger charge is 2.08. The van der Waals surface area contributed by atoms with Gasteiger partial charge in [0.2, 0.25) is 5.95 Å². The van der Waals surface area contributed by atoms with Crippen molar-refractivity contribution in [3.05, 3.63) is 22.6 Å². The van der Waals surface area contributed by atoms with Gasteiger partial charge in [0, 0.05) is 12.7 Å². The summed E-state index contributed by atoms with van der Waals surface area (Å²) >= 11 is 0. The fraction of sp³-hybridized carbons (Fsp3) is 0.455. The molecule has 0 spiro atoms. The van der Waals surface area contributed by atoms with Gasteiger partial charge in [0.1, 0.15) is 5.52 Å². The van der Waals surface area contributed by atoms with Crippen LogP contribution < -0.4 is 11.3 Å². The SMILES string of the molecule is CCCCCn1c(N)nc(=O)c2[nH]ccc21. The Kier molecular flexibility index (Phi) is 2.94. The van der Waals surface area contributed by atoms with Gasteiger partial charge in [-0.15, -0.1) is 0 Å². The lowest BCUT2D eigenvalue weighted by molar-refractivity contribution is 0.613. The predicted molar refractivity (Wildman–Crippen MR) is 64.3 cm³/mol. The molecule has 2 aromatic rings. The number of nitrogen functional groups attached to an aromatic ring is 1. The van der Waals surface area contributed by atoms with Gasteiger partial charge >= 0.3 is 0 Å². The van der Waals surface area contributed by atoms with E-state index in [0.717, 1.165) is 31.3 Å². The highest BCUT2D eigenvalue weighted by atomic mass is 16.1. The zero-order valence-corrected chi connectivity index (χ0v) is 9.36. The molecule has 0 aliphatic rings. The van der Waals surface area contributed by atoms with Crippen molar-refractivity contribution in [2.24, 2.45) is 0 Å². The smallest absolute Gasteiger partial charge is 0.298 e. The summed E-state index contributed by atoms with van der Waals surface area (Å²) in [6.45, 7) is 2.96. The highest BCUT2D eigenvalue weighted by Crippen LogP contribution is 2.12. The monoisotopic (exact) mass is 220 g/mol. The Morgan fingerprint density at radius 2 is 2.31 bits per heavy atom. The Morgan fingerprint density at radius 3 is 3.06 bits per heavy atom. The lowest BCUT2D eigenvalue weighted by atomic mass is 10.2.